The van der Waals surface area contributed by atoms with Gasteiger partial charge in [-0.3, -0.25) is 4.79 Å². The highest BCUT2D eigenvalue weighted by Crippen LogP contribution is 2.19. The highest BCUT2D eigenvalue weighted by molar-refractivity contribution is 9.10. The minimum absolute atomic E-state index is 0.171. The van der Waals surface area contributed by atoms with Gasteiger partial charge in [0.15, 0.2) is 0 Å². The molecule has 1 aromatic rings. The molecule has 0 spiro atoms. The molecule has 3 heteroatoms. The molecule has 1 aliphatic rings. The van der Waals surface area contributed by atoms with E-state index in [0.717, 1.165) is 23.9 Å². The van der Waals surface area contributed by atoms with Crippen LogP contribution in [0.5, 0.6) is 0 Å². The van der Waals surface area contributed by atoms with Crippen molar-refractivity contribution in [3.8, 4) is 0 Å². The molecule has 0 bridgehead atoms. The van der Waals surface area contributed by atoms with E-state index in [-0.39, 0.29) is 11.8 Å². The fourth-order valence-electron chi connectivity index (χ4n) is 1.79. The first kappa shape index (κ1) is 9.71. The Morgan fingerprint density at radius 2 is 2.36 bits per heavy atom. The summed E-state index contributed by atoms with van der Waals surface area (Å²) in [5.74, 6) is 0.370. The molecule has 1 amide bonds. The van der Waals surface area contributed by atoms with Crippen molar-refractivity contribution in [3.05, 3.63) is 34.3 Å². The predicted molar refractivity (Wildman–Crippen MR) is 59.0 cm³/mol. The number of carbonyl (C=O) groups is 1. The molecule has 2 rings (SSSR count). The van der Waals surface area contributed by atoms with Crippen molar-refractivity contribution >= 4 is 21.8 Å². The van der Waals surface area contributed by atoms with Crippen molar-refractivity contribution in [2.75, 3.05) is 6.54 Å². The monoisotopic (exact) mass is 253 g/mol. The Hall–Kier alpha value is -0.830. The molecule has 0 radical (unpaired) electrons. The number of benzene rings is 1. The number of halogens is 1. The maximum atomic E-state index is 11.3. The van der Waals surface area contributed by atoms with Gasteiger partial charge < -0.3 is 5.32 Å². The highest BCUT2D eigenvalue weighted by Gasteiger charge is 2.23. The molecule has 1 unspecified atom stereocenters. The third-order valence-corrected chi connectivity index (χ3v) is 3.03. The van der Waals surface area contributed by atoms with Crippen molar-refractivity contribution < 1.29 is 4.79 Å². The molecule has 1 N–H and O–H groups in total. The van der Waals surface area contributed by atoms with Crippen LogP contribution in [0.2, 0.25) is 0 Å². The van der Waals surface area contributed by atoms with Crippen LogP contribution in [0.4, 0.5) is 0 Å². The van der Waals surface area contributed by atoms with Crippen LogP contribution >= 0.6 is 15.9 Å². The Morgan fingerprint density at radius 1 is 1.50 bits per heavy atom. The summed E-state index contributed by atoms with van der Waals surface area (Å²) in [7, 11) is 0. The lowest BCUT2D eigenvalue weighted by Gasteiger charge is -2.06. The fourth-order valence-corrected chi connectivity index (χ4v) is 2.23. The quantitative estimate of drug-likeness (QED) is 0.860. The zero-order valence-electron chi connectivity index (χ0n) is 7.79. The first-order chi connectivity index (χ1) is 6.75. The van der Waals surface area contributed by atoms with Crippen LogP contribution in [0.15, 0.2) is 28.7 Å². The smallest absolute Gasteiger partial charge is 0.223 e. The molecule has 2 nitrogen and oxygen atoms in total. The van der Waals surface area contributed by atoms with Crippen molar-refractivity contribution in [1.82, 2.24) is 5.32 Å². The average molecular weight is 254 g/mol. The van der Waals surface area contributed by atoms with Gasteiger partial charge >= 0.3 is 0 Å². The minimum atomic E-state index is 0.171. The van der Waals surface area contributed by atoms with Gasteiger partial charge in [-0.1, -0.05) is 28.1 Å². The second-order valence-electron chi connectivity index (χ2n) is 3.61. The molecule has 1 heterocycles. The van der Waals surface area contributed by atoms with Crippen molar-refractivity contribution in [3.63, 3.8) is 0 Å². The summed E-state index contributed by atoms with van der Waals surface area (Å²) in [6.45, 7) is 0.831. The SMILES string of the molecule is O=C1NCCC1Cc1cccc(Br)c1. The van der Waals surface area contributed by atoms with Crippen molar-refractivity contribution in [1.29, 1.82) is 0 Å². The third-order valence-electron chi connectivity index (χ3n) is 2.53. The summed E-state index contributed by atoms with van der Waals surface area (Å²) in [5, 5.41) is 2.85. The van der Waals surface area contributed by atoms with Crippen LogP contribution in [0.1, 0.15) is 12.0 Å². The largest absolute Gasteiger partial charge is 0.356 e. The molecular weight excluding hydrogens is 242 g/mol. The van der Waals surface area contributed by atoms with Gasteiger partial charge in [-0.05, 0) is 30.5 Å². The Bertz CT molecular complexity index is 351. The van der Waals surface area contributed by atoms with Crippen LogP contribution in [-0.4, -0.2) is 12.5 Å². The van der Waals surface area contributed by atoms with E-state index in [0.29, 0.717) is 0 Å². The molecule has 0 saturated carbocycles. The summed E-state index contributed by atoms with van der Waals surface area (Å²) in [5.41, 5.74) is 1.22. The summed E-state index contributed by atoms with van der Waals surface area (Å²) in [6.07, 6.45) is 1.82. The van der Waals surface area contributed by atoms with E-state index in [1.165, 1.54) is 5.56 Å². The van der Waals surface area contributed by atoms with Gasteiger partial charge in [0.2, 0.25) is 5.91 Å². The predicted octanol–water partition coefficient (Wildman–Crippen LogP) is 2.13. The van der Waals surface area contributed by atoms with E-state index < -0.39 is 0 Å². The molecule has 1 aromatic carbocycles. The number of carbonyl (C=O) groups excluding carboxylic acids is 1. The Labute approximate surface area is 91.8 Å². The molecule has 0 aromatic heterocycles. The number of rotatable bonds is 2. The standard InChI is InChI=1S/C11H12BrNO/c12-10-3-1-2-8(7-10)6-9-4-5-13-11(9)14/h1-3,7,9H,4-6H2,(H,13,14). The Kier molecular flexibility index (Phi) is 2.87. The Balaban J connectivity index is 2.07. The van der Waals surface area contributed by atoms with Crippen LogP contribution in [0.3, 0.4) is 0 Å². The molecule has 1 aliphatic heterocycles. The molecule has 14 heavy (non-hydrogen) atoms. The molecular formula is C11H12BrNO. The van der Waals surface area contributed by atoms with Gasteiger partial charge in [0.25, 0.3) is 0 Å². The lowest BCUT2D eigenvalue weighted by molar-refractivity contribution is -0.122. The topological polar surface area (TPSA) is 29.1 Å². The van der Waals surface area contributed by atoms with Crippen LogP contribution in [0.25, 0.3) is 0 Å². The van der Waals surface area contributed by atoms with Gasteiger partial charge in [0.05, 0.1) is 0 Å². The highest BCUT2D eigenvalue weighted by atomic mass is 79.9. The normalized spacial score (nSPS) is 20.9. The molecule has 1 atom stereocenters. The second-order valence-corrected chi connectivity index (χ2v) is 4.53. The van der Waals surface area contributed by atoms with Gasteiger partial charge in [0.1, 0.15) is 0 Å². The van der Waals surface area contributed by atoms with Gasteiger partial charge in [0, 0.05) is 16.9 Å². The van der Waals surface area contributed by atoms with E-state index in [1.807, 2.05) is 12.1 Å². The first-order valence-corrected chi connectivity index (χ1v) is 5.57. The Morgan fingerprint density at radius 3 is 3.00 bits per heavy atom. The van der Waals surface area contributed by atoms with Crippen molar-refractivity contribution in [2.45, 2.75) is 12.8 Å². The van der Waals surface area contributed by atoms with Crippen LogP contribution in [0, 0.1) is 5.92 Å². The first-order valence-electron chi connectivity index (χ1n) is 4.78. The lowest BCUT2D eigenvalue weighted by atomic mass is 9.98. The zero-order chi connectivity index (χ0) is 9.97. The molecule has 1 fully saturated rings. The van der Waals surface area contributed by atoms with E-state index in [9.17, 15) is 4.79 Å². The van der Waals surface area contributed by atoms with E-state index in [1.54, 1.807) is 0 Å². The van der Waals surface area contributed by atoms with E-state index in [4.69, 9.17) is 0 Å². The summed E-state index contributed by atoms with van der Waals surface area (Å²) < 4.78 is 1.08. The number of hydrogen-bond acceptors (Lipinski definition) is 1. The summed E-state index contributed by atoms with van der Waals surface area (Å²) in [6, 6.07) is 8.15. The molecule has 1 saturated heterocycles. The maximum absolute atomic E-state index is 11.3. The number of hydrogen-bond donors (Lipinski definition) is 1. The third kappa shape index (κ3) is 2.15. The number of amides is 1. The minimum Gasteiger partial charge on any atom is -0.356 e. The zero-order valence-corrected chi connectivity index (χ0v) is 9.38. The fraction of sp³-hybridized carbons (Fsp3) is 0.364. The van der Waals surface area contributed by atoms with Crippen LogP contribution in [-0.2, 0) is 11.2 Å². The molecule has 0 aliphatic carbocycles. The van der Waals surface area contributed by atoms with Gasteiger partial charge in [-0.2, -0.15) is 0 Å². The second kappa shape index (κ2) is 4.13. The average Bonchev–Trinajstić information content (AvgIpc) is 2.52. The van der Waals surface area contributed by atoms with E-state index in [2.05, 4.69) is 33.4 Å². The van der Waals surface area contributed by atoms with Crippen LogP contribution < -0.4 is 5.32 Å². The van der Waals surface area contributed by atoms with E-state index >= 15 is 0 Å². The van der Waals surface area contributed by atoms with Crippen molar-refractivity contribution in [2.24, 2.45) is 5.92 Å². The van der Waals surface area contributed by atoms with Gasteiger partial charge in [-0.15, -0.1) is 0 Å². The van der Waals surface area contributed by atoms with Gasteiger partial charge in [-0.25, -0.2) is 0 Å². The summed E-state index contributed by atoms with van der Waals surface area (Å²) >= 11 is 3.43. The number of nitrogens with one attached hydrogen (secondary N) is 1. The maximum Gasteiger partial charge on any atom is 0.223 e. The summed E-state index contributed by atoms with van der Waals surface area (Å²) in [4.78, 5) is 11.3. The molecule has 74 valence electrons. The lowest BCUT2D eigenvalue weighted by Crippen LogP contribution is -2.20.